The van der Waals surface area contributed by atoms with Crippen LogP contribution in [-0.4, -0.2) is 27.2 Å². The minimum atomic E-state index is -3.99. The predicted molar refractivity (Wildman–Crippen MR) is 88.5 cm³/mol. The lowest BCUT2D eigenvalue weighted by molar-refractivity contribution is 0.166. The largest absolute Gasteiger partial charge is 0.495 e. The number of nitrogens with zero attached hydrogens (tertiary/aromatic N) is 1. The van der Waals surface area contributed by atoms with Crippen LogP contribution < -0.4 is 9.04 Å². The van der Waals surface area contributed by atoms with Gasteiger partial charge in [0.05, 0.1) is 18.9 Å². The van der Waals surface area contributed by atoms with E-state index in [4.69, 9.17) is 16.3 Å². The van der Waals surface area contributed by atoms with Crippen LogP contribution in [0.5, 0.6) is 5.75 Å². The Morgan fingerprint density at radius 2 is 2.04 bits per heavy atom. The van der Waals surface area contributed by atoms with E-state index < -0.39 is 21.9 Å². The van der Waals surface area contributed by atoms with Gasteiger partial charge in [0, 0.05) is 17.1 Å². The third-order valence-corrected chi connectivity index (χ3v) is 5.99. The second-order valence-electron chi connectivity index (χ2n) is 5.38. The number of anilines is 1. The fourth-order valence-electron chi connectivity index (χ4n) is 2.76. The van der Waals surface area contributed by atoms with Crippen LogP contribution in [0.15, 0.2) is 41.3 Å². The summed E-state index contributed by atoms with van der Waals surface area (Å²) in [7, 11) is -2.62. The lowest BCUT2D eigenvalue weighted by Crippen LogP contribution is -2.37. The number of hydrogen-bond donors (Lipinski definition) is 1. The highest BCUT2D eigenvalue weighted by atomic mass is 35.5. The van der Waals surface area contributed by atoms with Crippen molar-refractivity contribution in [2.75, 3.05) is 18.0 Å². The first-order valence-corrected chi connectivity index (χ1v) is 9.00. The van der Waals surface area contributed by atoms with Gasteiger partial charge in [-0.05, 0) is 42.8 Å². The second kappa shape index (κ2) is 6.23. The standard InChI is InChI=1S/C16H15ClFNO4S/c1-23-15-5-2-10(17)8-16(15)24(21,22)19-7-6-14(20)12-9-11(18)3-4-13(12)19/h2-5,8-9,14,20H,6-7H2,1H3. The summed E-state index contributed by atoms with van der Waals surface area (Å²) in [6.07, 6.45) is -0.748. The first-order chi connectivity index (χ1) is 11.3. The number of ether oxygens (including phenoxy) is 1. The maximum absolute atomic E-state index is 13.5. The smallest absolute Gasteiger partial charge is 0.268 e. The van der Waals surface area contributed by atoms with Crippen molar-refractivity contribution in [3.05, 3.63) is 52.8 Å². The van der Waals surface area contributed by atoms with Crippen molar-refractivity contribution in [1.82, 2.24) is 0 Å². The van der Waals surface area contributed by atoms with Crippen LogP contribution in [0.2, 0.25) is 5.02 Å². The summed E-state index contributed by atoms with van der Waals surface area (Å²) in [6.45, 7) is 0.0673. The molecule has 0 saturated carbocycles. The van der Waals surface area contributed by atoms with E-state index in [-0.39, 0.29) is 39.9 Å². The Hall–Kier alpha value is -1.83. The van der Waals surface area contributed by atoms with Crippen molar-refractivity contribution in [1.29, 1.82) is 0 Å². The summed E-state index contributed by atoms with van der Waals surface area (Å²) in [4.78, 5) is -0.0795. The van der Waals surface area contributed by atoms with Crippen molar-refractivity contribution in [3.63, 3.8) is 0 Å². The minimum absolute atomic E-state index is 0.0673. The van der Waals surface area contributed by atoms with Crippen LogP contribution in [0.1, 0.15) is 18.1 Å². The number of aliphatic hydroxyl groups excluding tert-OH is 1. The number of fused-ring (bicyclic) bond motifs is 1. The number of rotatable bonds is 3. The molecule has 2 aromatic carbocycles. The van der Waals surface area contributed by atoms with Crippen molar-refractivity contribution >= 4 is 27.3 Å². The molecule has 1 unspecified atom stereocenters. The summed E-state index contributed by atoms with van der Waals surface area (Å²) in [5, 5.41) is 10.3. The Morgan fingerprint density at radius 1 is 1.29 bits per heavy atom. The molecule has 24 heavy (non-hydrogen) atoms. The van der Waals surface area contributed by atoms with Gasteiger partial charge < -0.3 is 9.84 Å². The quantitative estimate of drug-likeness (QED) is 0.900. The van der Waals surface area contributed by atoms with E-state index in [1.807, 2.05) is 0 Å². The Labute approximate surface area is 144 Å². The molecule has 1 N–H and O–H groups in total. The average molecular weight is 372 g/mol. The third kappa shape index (κ3) is 2.83. The van der Waals surface area contributed by atoms with Gasteiger partial charge in [0.15, 0.2) is 0 Å². The molecule has 8 heteroatoms. The lowest BCUT2D eigenvalue weighted by Gasteiger charge is -2.33. The number of halogens is 2. The molecule has 2 aromatic rings. The van der Waals surface area contributed by atoms with E-state index >= 15 is 0 Å². The molecule has 0 fully saturated rings. The highest BCUT2D eigenvalue weighted by molar-refractivity contribution is 7.93. The van der Waals surface area contributed by atoms with Crippen LogP contribution in [0.25, 0.3) is 0 Å². The van der Waals surface area contributed by atoms with Crippen LogP contribution >= 0.6 is 11.6 Å². The molecule has 1 aliphatic rings. The van der Waals surface area contributed by atoms with Gasteiger partial charge in [-0.25, -0.2) is 12.8 Å². The summed E-state index contributed by atoms with van der Waals surface area (Å²) in [6, 6.07) is 7.97. The third-order valence-electron chi connectivity index (χ3n) is 3.92. The average Bonchev–Trinajstić information content (AvgIpc) is 2.55. The van der Waals surface area contributed by atoms with Gasteiger partial charge in [-0.1, -0.05) is 11.6 Å². The van der Waals surface area contributed by atoms with E-state index in [9.17, 15) is 17.9 Å². The molecule has 0 radical (unpaired) electrons. The summed E-state index contributed by atoms with van der Waals surface area (Å²) in [5.41, 5.74) is 0.489. The van der Waals surface area contributed by atoms with Crippen molar-refractivity contribution in [2.24, 2.45) is 0 Å². The summed E-state index contributed by atoms with van der Waals surface area (Å²) < 4.78 is 45.9. The maximum Gasteiger partial charge on any atom is 0.268 e. The second-order valence-corrected chi connectivity index (χ2v) is 7.65. The molecule has 1 heterocycles. The molecule has 5 nitrogen and oxygen atoms in total. The molecular formula is C16H15ClFNO4S. The molecular weight excluding hydrogens is 357 g/mol. The van der Waals surface area contributed by atoms with Gasteiger partial charge in [0.2, 0.25) is 0 Å². The van der Waals surface area contributed by atoms with Crippen LogP contribution in [0, 0.1) is 5.82 Å². The summed E-state index contributed by atoms with van der Waals surface area (Å²) >= 11 is 5.93. The first-order valence-electron chi connectivity index (χ1n) is 7.18. The van der Waals surface area contributed by atoms with Gasteiger partial charge in [-0.2, -0.15) is 0 Å². The van der Waals surface area contributed by atoms with Crippen molar-refractivity contribution < 1.29 is 22.7 Å². The normalized spacial score (nSPS) is 17.5. The van der Waals surface area contributed by atoms with Crippen LogP contribution in [0.3, 0.4) is 0 Å². The molecule has 0 bridgehead atoms. The molecule has 3 rings (SSSR count). The lowest BCUT2D eigenvalue weighted by atomic mass is 10.0. The number of aliphatic hydroxyl groups is 1. The zero-order valence-electron chi connectivity index (χ0n) is 12.7. The Bertz CT molecular complexity index is 888. The SMILES string of the molecule is COc1ccc(Cl)cc1S(=O)(=O)N1CCC(O)c2cc(F)ccc21. The highest BCUT2D eigenvalue weighted by Gasteiger charge is 2.34. The van der Waals surface area contributed by atoms with E-state index in [0.717, 1.165) is 16.4 Å². The molecule has 0 aromatic heterocycles. The van der Waals surface area contributed by atoms with Gasteiger partial charge in [0.25, 0.3) is 10.0 Å². The van der Waals surface area contributed by atoms with Crippen LogP contribution in [0.4, 0.5) is 10.1 Å². The number of methoxy groups -OCH3 is 1. The van der Waals surface area contributed by atoms with E-state index in [1.165, 1.54) is 31.4 Å². The number of benzene rings is 2. The predicted octanol–water partition coefficient (Wildman–Crippen LogP) is 3.12. The molecule has 0 saturated heterocycles. The van der Waals surface area contributed by atoms with E-state index in [0.29, 0.717) is 0 Å². The van der Waals surface area contributed by atoms with Crippen molar-refractivity contribution in [2.45, 2.75) is 17.4 Å². The number of sulfonamides is 1. The highest BCUT2D eigenvalue weighted by Crippen LogP contribution is 2.39. The zero-order valence-corrected chi connectivity index (χ0v) is 14.3. The molecule has 0 amide bonds. The fraction of sp³-hybridized carbons (Fsp3) is 0.250. The Kier molecular flexibility index (Phi) is 4.42. The maximum atomic E-state index is 13.5. The molecule has 1 atom stereocenters. The van der Waals surface area contributed by atoms with E-state index in [1.54, 1.807) is 0 Å². The summed E-state index contributed by atoms with van der Waals surface area (Å²) in [5.74, 6) is -0.374. The molecule has 0 aliphatic carbocycles. The Balaban J connectivity index is 2.16. The van der Waals surface area contributed by atoms with Gasteiger partial charge in [-0.15, -0.1) is 0 Å². The van der Waals surface area contributed by atoms with Crippen LogP contribution in [-0.2, 0) is 10.0 Å². The van der Waals surface area contributed by atoms with E-state index in [2.05, 4.69) is 0 Å². The first kappa shape index (κ1) is 17.0. The van der Waals surface area contributed by atoms with Crippen molar-refractivity contribution in [3.8, 4) is 5.75 Å². The fourth-order valence-corrected chi connectivity index (χ4v) is 4.68. The van der Waals surface area contributed by atoms with Gasteiger partial charge in [0.1, 0.15) is 16.5 Å². The number of hydrogen-bond acceptors (Lipinski definition) is 4. The molecule has 128 valence electrons. The monoisotopic (exact) mass is 371 g/mol. The zero-order chi connectivity index (χ0) is 17.5. The topological polar surface area (TPSA) is 66.8 Å². The van der Waals surface area contributed by atoms with Gasteiger partial charge in [-0.3, -0.25) is 4.31 Å². The molecule has 1 aliphatic heterocycles. The Morgan fingerprint density at radius 3 is 2.75 bits per heavy atom. The van der Waals surface area contributed by atoms with Gasteiger partial charge >= 0.3 is 0 Å². The molecule has 0 spiro atoms. The minimum Gasteiger partial charge on any atom is -0.495 e.